The Hall–Kier alpha value is -7.95. The lowest BCUT2D eigenvalue weighted by molar-refractivity contribution is 0.669. The van der Waals surface area contributed by atoms with Gasteiger partial charge in [0.1, 0.15) is 11.2 Å². The summed E-state index contributed by atoms with van der Waals surface area (Å²) in [6, 6.07) is 75.2. The van der Waals surface area contributed by atoms with Crippen LogP contribution in [0.2, 0.25) is 0 Å². The Labute approximate surface area is 347 Å². The van der Waals surface area contributed by atoms with E-state index in [1.807, 2.05) is 30.3 Å². The molecule has 0 atom stereocenters. The molecule has 9 aromatic carbocycles. The van der Waals surface area contributed by atoms with E-state index in [9.17, 15) is 0 Å². The molecule has 4 nitrogen and oxygen atoms in total. The zero-order valence-electron chi connectivity index (χ0n) is 32.5. The molecule has 0 fully saturated rings. The van der Waals surface area contributed by atoms with Crippen LogP contribution in [0.5, 0.6) is 0 Å². The number of benzene rings is 9. The number of rotatable bonds is 6. The largest absolute Gasteiger partial charge is 0.456 e. The first kappa shape index (κ1) is 34.1. The summed E-state index contributed by atoms with van der Waals surface area (Å²) in [7, 11) is 0. The molecule has 4 heteroatoms. The molecule has 0 saturated carbocycles. The number of hydrogen-bond donors (Lipinski definition) is 0. The third kappa shape index (κ3) is 5.28. The van der Waals surface area contributed by atoms with Crippen molar-refractivity contribution >= 4 is 32.7 Å². The maximum Gasteiger partial charge on any atom is 0.164 e. The van der Waals surface area contributed by atoms with E-state index in [1.54, 1.807) is 0 Å². The van der Waals surface area contributed by atoms with Gasteiger partial charge in [0, 0.05) is 27.5 Å². The second-order valence-corrected chi connectivity index (χ2v) is 15.5. The summed E-state index contributed by atoms with van der Waals surface area (Å²) >= 11 is 0. The number of fused-ring (bicyclic) bond motifs is 7. The molecule has 12 rings (SSSR count). The van der Waals surface area contributed by atoms with Gasteiger partial charge in [0.05, 0.1) is 5.41 Å². The van der Waals surface area contributed by atoms with Crippen molar-refractivity contribution in [3.8, 4) is 56.4 Å². The Bertz CT molecular complexity index is 3390. The van der Waals surface area contributed by atoms with Crippen LogP contribution in [0, 0.1) is 0 Å². The van der Waals surface area contributed by atoms with Crippen molar-refractivity contribution in [3.05, 3.63) is 235 Å². The molecule has 0 N–H and O–H groups in total. The van der Waals surface area contributed by atoms with Gasteiger partial charge < -0.3 is 4.42 Å². The average molecular weight is 766 g/mol. The summed E-state index contributed by atoms with van der Waals surface area (Å²) in [5.41, 5.74) is 13.2. The van der Waals surface area contributed by atoms with Crippen molar-refractivity contribution < 1.29 is 4.42 Å². The van der Waals surface area contributed by atoms with Gasteiger partial charge in [0.2, 0.25) is 0 Å². The molecule has 0 radical (unpaired) electrons. The van der Waals surface area contributed by atoms with Gasteiger partial charge in [-0.15, -0.1) is 0 Å². The van der Waals surface area contributed by atoms with Crippen LogP contribution in [0.1, 0.15) is 22.3 Å². The molecule has 0 aliphatic heterocycles. The second-order valence-electron chi connectivity index (χ2n) is 15.5. The van der Waals surface area contributed by atoms with Crippen LogP contribution in [-0.2, 0) is 5.41 Å². The van der Waals surface area contributed by atoms with E-state index < -0.39 is 5.41 Å². The standard InChI is InChI=1S/C56H35N3O/c1-4-17-37(18-5-1)53-57-54(40-30-31-45-44-24-12-14-26-48(44)56(49(45)34-40,42-20-6-2-7-21-42)43-22-8-3-9-23-43)59-55(58-53)47-33-41(39-29-28-36-16-10-11-19-38(36)32-39)35-51-52(47)46-25-13-15-27-50(46)60-51/h1-35H. The van der Waals surface area contributed by atoms with Crippen LogP contribution < -0.4 is 0 Å². The molecule has 0 spiro atoms. The molecule has 280 valence electrons. The van der Waals surface area contributed by atoms with Crippen LogP contribution in [0.25, 0.3) is 89.1 Å². The van der Waals surface area contributed by atoms with Crippen LogP contribution in [0.3, 0.4) is 0 Å². The van der Waals surface area contributed by atoms with Gasteiger partial charge in [-0.1, -0.05) is 182 Å². The highest BCUT2D eigenvalue weighted by Crippen LogP contribution is 2.56. The first-order valence-corrected chi connectivity index (χ1v) is 20.3. The Kier molecular flexibility index (Phi) is 7.72. The fourth-order valence-corrected chi connectivity index (χ4v) is 9.49. The highest BCUT2D eigenvalue weighted by molar-refractivity contribution is 6.13. The van der Waals surface area contributed by atoms with Gasteiger partial charge in [-0.05, 0) is 85.6 Å². The zero-order valence-corrected chi connectivity index (χ0v) is 32.5. The third-order valence-corrected chi connectivity index (χ3v) is 12.2. The molecule has 1 aliphatic carbocycles. The molecule has 2 heterocycles. The van der Waals surface area contributed by atoms with Crippen molar-refractivity contribution in [2.24, 2.45) is 0 Å². The van der Waals surface area contributed by atoms with Gasteiger partial charge in [0.15, 0.2) is 17.5 Å². The summed E-state index contributed by atoms with van der Waals surface area (Å²) in [6.07, 6.45) is 0. The predicted octanol–water partition coefficient (Wildman–Crippen LogP) is 14.0. The highest BCUT2D eigenvalue weighted by atomic mass is 16.3. The number of furan rings is 1. The second kappa shape index (κ2) is 13.6. The van der Waals surface area contributed by atoms with Crippen molar-refractivity contribution in [1.29, 1.82) is 0 Å². The summed E-state index contributed by atoms with van der Waals surface area (Å²) < 4.78 is 6.61. The molecule has 0 bridgehead atoms. The average Bonchev–Trinajstić information content (AvgIpc) is 3.85. The van der Waals surface area contributed by atoms with Crippen LogP contribution in [-0.4, -0.2) is 15.0 Å². The first-order valence-electron chi connectivity index (χ1n) is 20.3. The van der Waals surface area contributed by atoms with Gasteiger partial charge in [-0.2, -0.15) is 0 Å². The van der Waals surface area contributed by atoms with E-state index in [-0.39, 0.29) is 0 Å². The van der Waals surface area contributed by atoms with Crippen LogP contribution in [0.4, 0.5) is 0 Å². The molecule has 1 aliphatic rings. The minimum atomic E-state index is -0.557. The lowest BCUT2D eigenvalue weighted by Gasteiger charge is -2.34. The van der Waals surface area contributed by atoms with Crippen LogP contribution >= 0.6 is 0 Å². The molecule has 0 unspecified atom stereocenters. The summed E-state index contributed by atoms with van der Waals surface area (Å²) in [4.78, 5) is 16.0. The van der Waals surface area contributed by atoms with Crippen molar-refractivity contribution in [3.63, 3.8) is 0 Å². The van der Waals surface area contributed by atoms with Gasteiger partial charge in [0.25, 0.3) is 0 Å². The molecule has 2 aromatic heterocycles. The SMILES string of the molecule is c1ccc(-c2nc(-c3ccc4c(c3)C(c3ccccc3)(c3ccccc3)c3ccccc3-4)nc(-c3cc(-c4ccc5ccccc5c4)cc4oc5ccccc5c34)n2)cc1. The molecular weight excluding hydrogens is 731 g/mol. The number of para-hydroxylation sites is 1. The quantitative estimate of drug-likeness (QED) is 0.169. The van der Waals surface area contributed by atoms with Crippen molar-refractivity contribution in [2.45, 2.75) is 5.41 Å². The Balaban J connectivity index is 1.13. The van der Waals surface area contributed by atoms with Crippen molar-refractivity contribution in [1.82, 2.24) is 15.0 Å². The highest BCUT2D eigenvalue weighted by Gasteiger charge is 2.46. The fourth-order valence-electron chi connectivity index (χ4n) is 9.49. The van der Waals surface area contributed by atoms with E-state index in [4.69, 9.17) is 19.4 Å². The maximum atomic E-state index is 6.61. The topological polar surface area (TPSA) is 51.8 Å². The summed E-state index contributed by atoms with van der Waals surface area (Å²) in [5.74, 6) is 1.79. The van der Waals surface area contributed by atoms with E-state index in [0.29, 0.717) is 17.5 Å². The van der Waals surface area contributed by atoms with Crippen molar-refractivity contribution in [2.75, 3.05) is 0 Å². The lowest BCUT2D eigenvalue weighted by Crippen LogP contribution is -2.28. The number of hydrogen-bond acceptors (Lipinski definition) is 4. The predicted molar refractivity (Wildman–Crippen MR) is 244 cm³/mol. The Morgan fingerprint density at radius 3 is 1.72 bits per heavy atom. The van der Waals surface area contributed by atoms with Gasteiger partial charge >= 0.3 is 0 Å². The summed E-state index contributed by atoms with van der Waals surface area (Å²) in [5, 5.41) is 4.36. The maximum absolute atomic E-state index is 6.61. The van der Waals surface area contributed by atoms with Gasteiger partial charge in [-0.25, -0.2) is 15.0 Å². The molecule has 11 aromatic rings. The lowest BCUT2D eigenvalue weighted by atomic mass is 9.67. The fraction of sp³-hybridized carbons (Fsp3) is 0.0179. The monoisotopic (exact) mass is 765 g/mol. The molecule has 60 heavy (non-hydrogen) atoms. The van der Waals surface area contributed by atoms with Gasteiger partial charge in [-0.3, -0.25) is 0 Å². The molecule has 0 amide bonds. The number of nitrogens with zero attached hydrogens (tertiary/aromatic N) is 3. The third-order valence-electron chi connectivity index (χ3n) is 12.2. The number of aromatic nitrogens is 3. The summed E-state index contributed by atoms with van der Waals surface area (Å²) in [6.45, 7) is 0. The van der Waals surface area contributed by atoms with E-state index in [1.165, 1.54) is 44.2 Å². The van der Waals surface area contributed by atoms with Crippen LogP contribution in [0.15, 0.2) is 217 Å². The van der Waals surface area contributed by atoms with E-state index >= 15 is 0 Å². The first-order chi connectivity index (χ1) is 29.7. The molecule has 0 saturated heterocycles. The zero-order chi connectivity index (χ0) is 39.6. The minimum Gasteiger partial charge on any atom is -0.456 e. The minimum absolute atomic E-state index is 0.557. The Morgan fingerprint density at radius 1 is 0.333 bits per heavy atom. The smallest absolute Gasteiger partial charge is 0.164 e. The van der Waals surface area contributed by atoms with E-state index in [0.717, 1.165) is 49.8 Å². The normalized spacial score (nSPS) is 12.8. The molecular formula is C56H35N3O. The Morgan fingerprint density at radius 2 is 0.933 bits per heavy atom. The van der Waals surface area contributed by atoms with E-state index in [2.05, 4.69) is 182 Å².